The molecule has 0 unspecified atom stereocenters. The second kappa shape index (κ2) is 11.4. The van der Waals surface area contributed by atoms with Crippen molar-refractivity contribution in [3.8, 4) is 11.5 Å². The molecule has 1 saturated heterocycles. The molecule has 0 aliphatic carbocycles. The highest BCUT2D eigenvalue weighted by Gasteiger charge is 2.31. The molecule has 3 aromatic rings. The maximum absolute atomic E-state index is 12.8. The lowest BCUT2D eigenvalue weighted by Crippen LogP contribution is -2.27. The standard InChI is InChI=1S/C28H27NO3S2/c1-20-9-12-25(17-21(20)2)32-16-6-15-31-24-13-10-22(11-14-24)18-26-27(30)29(28(33)34-26)19-23-7-4-3-5-8-23/h3-5,7-14,17-18H,6,15-16,19H2,1-2H3. The topological polar surface area (TPSA) is 38.8 Å². The zero-order valence-corrected chi connectivity index (χ0v) is 21.0. The molecule has 0 N–H and O–H groups in total. The van der Waals surface area contributed by atoms with E-state index in [1.807, 2.05) is 66.7 Å². The van der Waals surface area contributed by atoms with Crippen LogP contribution < -0.4 is 9.47 Å². The van der Waals surface area contributed by atoms with Crippen molar-refractivity contribution in [2.45, 2.75) is 26.8 Å². The maximum atomic E-state index is 12.8. The van der Waals surface area contributed by atoms with Crippen LogP contribution in [-0.2, 0) is 11.3 Å². The summed E-state index contributed by atoms with van der Waals surface area (Å²) in [5.41, 5.74) is 4.48. The number of thioether (sulfide) groups is 1. The van der Waals surface area contributed by atoms with Gasteiger partial charge in [0.05, 0.1) is 24.7 Å². The van der Waals surface area contributed by atoms with E-state index in [9.17, 15) is 4.79 Å². The first-order valence-electron chi connectivity index (χ1n) is 11.2. The lowest BCUT2D eigenvalue weighted by Gasteiger charge is -2.14. The fraction of sp³-hybridized carbons (Fsp3) is 0.214. The van der Waals surface area contributed by atoms with Crippen LogP contribution in [0, 0.1) is 13.8 Å². The molecule has 0 aromatic heterocycles. The normalized spacial score (nSPS) is 14.6. The molecular formula is C28H27NO3S2. The van der Waals surface area contributed by atoms with E-state index < -0.39 is 0 Å². The summed E-state index contributed by atoms with van der Waals surface area (Å²) in [7, 11) is 0. The van der Waals surface area contributed by atoms with Gasteiger partial charge in [0.2, 0.25) is 0 Å². The van der Waals surface area contributed by atoms with Gasteiger partial charge in [-0.1, -0.05) is 72.5 Å². The van der Waals surface area contributed by atoms with Crippen LogP contribution in [0.25, 0.3) is 6.08 Å². The van der Waals surface area contributed by atoms with Crippen LogP contribution >= 0.6 is 24.0 Å². The van der Waals surface area contributed by atoms with Crippen LogP contribution in [-0.4, -0.2) is 28.3 Å². The van der Waals surface area contributed by atoms with Crippen LogP contribution in [0.1, 0.15) is 28.7 Å². The smallest absolute Gasteiger partial charge is 0.266 e. The Kier molecular flexibility index (Phi) is 8.03. The summed E-state index contributed by atoms with van der Waals surface area (Å²) in [4.78, 5) is 15.1. The molecular weight excluding hydrogens is 462 g/mol. The molecule has 4 rings (SSSR count). The number of rotatable bonds is 9. The molecule has 0 bridgehead atoms. The summed E-state index contributed by atoms with van der Waals surface area (Å²) in [5.74, 6) is 1.63. The van der Waals surface area contributed by atoms with Crippen molar-refractivity contribution in [2.24, 2.45) is 0 Å². The van der Waals surface area contributed by atoms with E-state index in [0.29, 0.717) is 29.0 Å². The molecule has 3 aromatic carbocycles. The van der Waals surface area contributed by atoms with Gasteiger partial charge in [0.1, 0.15) is 15.8 Å². The van der Waals surface area contributed by atoms with Crippen molar-refractivity contribution in [1.82, 2.24) is 4.90 Å². The molecule has 6 heteroatoms. The molecule has 1 amide bonds. The summed E-state index contributed by atoms with van der Waals surface area (Å²) < 4.78 is 12.2. The van der Waals surface area contributed by atoms with Crippen LogP contribution in [0.15, 0.2) is 77.7 Å². The van der Waals surface area contributed by atoms with E-state index >= 15 is 0 Å². The van der Waals surface area contributed by atoms with Crippen LogP contribution in [0.2, 0.25) is 0 Å². The number of thiocarbonyl (C=S) groups is 1. The minimum atomic E-state index is -0.0528. The predicted molar refractivity (Wildman–Crippen MR) is 143 cm³/mol. The van der Waals surface area contributed by atoms with Crippen molar-refractivity contribution in [3.63, 3.8) is 0 Å². The van der Waals surface area contributed by atoms with Crippen molar-refractivity contribution in [2.75, 3.05) is 13.2 Å². The first kappa shape index (κ1) is 24.0. The third kappa shape index (κ3) is 6.27. The number of hydrogen-bond donors (Lipinski definition) is 0. The summed E-state index contributed by atoms with van der Waals surface area (Å²) in [6.45, 7) is 5.84. The SMILES string of the molecule is Cc1ccc(OCCCOc2ccc(C=C3SC(=S)N(Cc4ccccc4)C3=O)cc2)cc1C. The summed E-state index contributed by atoms with van der Waals surface area (Å²) in [5, 5.41) is 0. The van der Waals surface area contributed by atoms with E-state index in [4.69, 9.17) is 21.7 Å². The molecule has 1 heterocycles. The molecule has 0 radical (unpaired) electrons. The fourth-order valence-electron chi connectivity index (χ4n) is 3.46. The molecule has 1 aliphatic rings. The van der Waals surface area contributed by atoms with Gasteiger partial charge in [-0.15, -0.1) is 0 Å². The largest absolute Gasteiger partial charge is 0.493 e. The summed E-state index contributed by atoms with van der Waals surface area (Å²) in [6.07, 6.45) is 2.67. The van der Waals surface area contributed by atoms with Crippen molar-refractivity contribution < 1.29 is 14.3 Å². The number of ether oxygens (including phenoxy) is 2. The van der Waals surface area contributed by atoms with Crippen LogP contribution in [0.5, 0.6) is 11.5 Å². The number of aryl methyl sites for hydroxylation is 2. The predicted octanol–water partition coefficient (Wildman–Crippen LogP) is 6.55. The number of benzene rings is 3. The number of nitrogens with zero attached hydrogens (tertiary/aromatic N) is 1. The average Bonchev–Trinajstić information content (AvgIpc) is 3.10. The number of amides is 1. The van der Waals surface area contributed by atoms with Gasteiger partial charge in [-0.25, -0.2) is 0 Å². The van der Waals surface area contributed by atoms with Gasteiger partial charge in [0.25, 0.3) is 5.91 Å². The van der Waals surface area contributed by atoms with E-state index in [-0.39, 0.29) is 5.91 Å². The first-order chi connectivity index (χ1) is 16.5. The molecule has 1 fully saturated rings. The lowest BCUT2D eigenvalue weighted by molar-refractivity contribution is -0.122. The van der Waals surface area contributed by atoms with Crippen molar-refractivity contribution in [3.05, 3.63) is 100.0 Å². The second-order valence-electron chi connectivity index (χ2n) is 8.12. The fourth-order valence-corrected chi connectivity index (χ4v) is 4.71. The van der Waals surface area contributed by atoms with Gasteiger partial charge in [-0.05, 0) is 66.4 Å². The molecule has 0 saturated carbocycles. The molecule has 34 heavy (non-hydrogen) atoms. The Bertz CT molecular complexity index is 1190. The van der Waals surface area contributed by atoms with E-state index in [0.717, 1.165) is 29.0 Å². The third-order valence-electron chi connectivity index (χ3n) is 5.54. The Morgan fingerprint density at radius 2 is 1.56 bits per heavy atom. The quantitative estimate of drug-likeness (QED) is 0.194. The van der Waals surface area contributed by atoms with E-state index in [1.165, 1.54) is 22.9 Å². The summed E-state index contributed by atoms with van der Waals surface area (Å²) in [6, 6.07) is 23.7. The Morgan fingerprint density at radius 1 is 0.882 bits per heavy atom. The van der Waals surface area contributed by atoms with Gasteiger partial charge in [-0.3, -0.25) is 9.69 Å². The van der Waals surface area contributed by atoms with Gasteiger partial charge < -0.3 is 9.47 Å². The van der Waals surface area contributed by atoms with Crippen LogP contribution in [0.4, 0.5) is 0 Å². The van der Waals surface area contributed by atoms with E-state index in [1.54, 1.807) is 4.90 Å². The summed E-state index contributed by atoms with van der Waals surface area (Å²) >= 11 is 6.78. The Labute approximate surface area is 210 Å². The van der Waals surface area contributed by atoms with Crippen LogP contribution in [0.3, 0.4) is 0 Å². The molecule has 0 spiro atoms. The molecule has 174 valence electrons. The van der Waals surface area contributed by atoms with Gasteiger partial charge >= 0.3 is 0 Å². The monoisotopic (exact) mass is 489 g/mol. The Morgan fingerprint density at radius 3 is 2.26 bits per heavy atom. The zero-order chi connectivity index (χ0) is 23.9. The van der Waals surface area contributed by atoms with Gasteiger partial charge in [0.15, 0.2) is 0 Å². The third-order valence-corrected chi connectivity index (χ3v) is 6.92. The minimum Gasteiger partial charge on any atom is -0.493 e. The zero-order valence-electron chi connectivity index (χ0n) is 19.3. The molecule has 0 atom stereocenters. The first-order valence-corrected chi connectivity index (χ1v) is 12.4. The van der Waals surface area contributed by atoms with Gasteiger partial charge in [0, 0.05) is 6.42 Å². The van der Waals surface area contributed by atoms with Crippen molar-refractivity contribution in [1.29, 1.82) is 0 Å². The molecule has 4 nitrogen and oxygen atoms in total. The second-order valence-corrected chi connectivity index (χ2v) is 9.79. The van der Waals surface area contributed by atoms with Crippen molar-refractivity contribution >= 4 is 40.3 Å². The molecule has 1 aliphatic heterocycles. The minimum absolute atomic E-state index is 0.0528. The Hall–Kier alpha value is -3.09. The number of carbonyl (C=O) groups is 1. The lowest BCUT2D eigenvalue weighted by atomic mass is 10.1. The highest BCUT2D eigenvalue weighted by atomic mass is 32.2. The Balaban J connectivity index is 1.25. The van der Waals surface area contributed by atoms with Gasteiger partial charge in [-0.2, -0.15) is 0 Å². The number of hydrogen-bond acceptors (Lipinski definition) is 5. The highest BCUT2D eigenvalue weighted by Crippen LogP contribution is 2.33. The maximum Gasteiger partial charge on any atom is 0.266 e. The number of carbonyl (C=O) groups excluding carboxylic acids is 1. The van der Waals surface area contributed by atoms with E-state index in [2.05, 4.69) is 26.0 Å². The average molecular weight is 490 g/mol. The highest BCUT2D eigenvalue weighted by molar-refractivity contribution is 8.26.